The van der Waals surface area contributed by atoms with E-state index in [-0.39, 0.29) is 12.4 Å². The largest absolute Gasteiger partial charge is 0.462 e. The molecular weight excluding hydrogens is 245 g/mol. The normalized spacial score (nSPS) is 10.2. The summed E-state index contributed by atoms with van der Waals surface area (Å²) in [6.07, 6.45) is 0. The number of benzene rings is 2. The molecule has 0 unspecified atom stereocenters. The maximum Gasteiger partial charge on any atom is 0.338 e. The Balaban J connectivity index is 2.48. The third kappa shape index (κ3) is 2.91. The van der Waals surface area contributed by atoms with Gasteiger partial charge in [0.1, 0.15) is 5.82 Å². The highest BCUT2D eigenvalue weighted by atomic mass is 19.1. The van der Waals surface area contributed by atoms with E-state index in [1.807, 2.05) is 0 Å². The number of esters is 1. The van der Waals surface area contributed by atoms with Crippen molar-refractivity contribution in [3.05, 3.63) is 53.8 Å². The molecule has 0 saturated heterocycles. The number of ether oxygens (including phenoxy) is 1. The van der Waals surface area contributed by atoms with Crippen molar-refractivity contribution in [1.82, 2.24) is 0 Å². The van der Waals surface area contributed by atoms with Crippen molar-refractivity contribution in [2.75, 3.05) is 12.3 Å². The van der Waals surface area contributed by atoms with Crippen LogP contribution in [0.2, 0.25) is 0 Å². The van der Waals surface area contributed by atoms with E-state index in [1.54, 1.807) is 37.3 Å². The van der Waals surface area contributed by atoms with Gasteiger partial charge in [-0.2, -0.15) is 0 Å². The van der Waals surface area contributed by atoms with Crippen LogP contribution in [0.3, 0.4) is 0 Å². The molecule has 0 aliphatic rings. The Hall–Kier alpha value is -2.36. The van der Waals surface area contributed by atoms with Gasteiger partial charge in [-0.05, 0) is 36.8 Å². The van der Waals surface area contributed by atoms with Crippen LogP contribution in [0, 0.1) is 5.82 Å². The number of carbonyl (C=O) groups is 1. The number of halogens is 1. The van der Waals surface area contributed by atoms with Gasteiger partial charge in [0.2, 0.25) is 0 Å². The fraction of sp³-hybridized carbons (Fsp3) is 0.133. The van der Waals surface area contributed by atoms with Crippen LogP contribution in [0.5, 0.6) is 0 Å². The molecule has 0 amide bonds. The first-order chi connectivity index (χ1) is 9.11. The van der Waals surface area contributed by atoms with Crippen molar-refractivity contribution in [3.8, 4) is 11.1 Å². The molecule has 0 aliphatic carbocycles. The van der Waals surface area contributed by atoms with Crippen LogP contribution in [-0.4, -0.2) is 12.6 Å². The first-order valence-corrected chi connectivity index (χ1v) is 5.94. The molecule has 0 aliphatic heterocycles. The molecule has 0 atom stereocenters. The third-order valence-corrected chi connectivity index (χ3v) is 2.65. The predicted octanol–water partition coefficient (Wildman–Crippen LogP) is 3.25. The van der Waals surface area contributed by atoms with Gasteiger partial charge in [0, 0.05) is 11.3 Å². The molecule has 0 radical (unpaired) electrons. The minimum atomic E-state index is -0.465. The molecular formula is C15H14FNO2. The maximum atomic E-state index is 13.7. The number of rotatable bonds is 3. The Morgan fingerprint density at radius 3 is 2.68 bits per heavy atom. The lowest BCUT2D eigenvalue weighted by molar-refractivity contribution is 0.0526. The van der Waals surface area contributed by atoms with E-state index in [0.29, 0.717) is 22.4 Å². The summed E-state index contributed by atoms with van der Waals surface area (Å²) in [5.74, 6) is -0.824. The van der Waals surface area contributed by atoms with E-state index in [0.717, 1.165) is 0 Å². The summed E-state index contributed by atoms with van der Waals surface area (Å²) in [7, 11) is 0. The molecule has 2 aromatic rings. The number of anilines is 1. The van der Waals surface area contributed by atoms with Gasteiger partial charge in [-0.1, -0.05) is 18.2 Å². The van der Waals surface area contributed by atoms with Crippen molar-refractivity contribution in [1.29, 1.82) is 0 Å². The van der Waals surface area contributed by atoms with E-state index in [1.165, 1.54) is 12.1 Å². The molecule has 0 bridgehead atoms. The highest BCUT2D eigenvalue weighted by Crippen LogP contribution is 2.26. The second kappa shape index (κ2) is 5.52. The average molecular weight is 259 g/mol. The molecule has 98 valence electrons. The fourth-order valence-electron chi connectivity index (χ4n) is 1.83. The highest BCUT2D eigenvalue weighted by Gasteiger charge is 2.11. The van der Waals surface area contributed by atoms with E-state index in [4.69, 9.17) is 10.5 Å². The molecule has 0 saturated carbocycles. The number of hydrogen-bond donors (Lipinski definition) is 1. The SMILES string of the molecule is CCOC(=O)c1cc(N)cc(-c2ccccc2F)c1. The van der Waals surface area contributed by atoms with Crippen LogP contribution in [-0.2, 0) is 4.74 Å². The molecule has 4 heteroatoms. The molecule has 0 heterocycles. The van der Waals surface area contributed by atoms with Gasteiger partial charge in [-0.3, -0.25) is 0 Å². The van der Waals surface area contributed by atoms with Crippen LogP contribution in [0.1, 0.15) is 17.3 Å². The number of carbonyl (C=O) groups excluding carboxylic acids is 1. The molecule has 19 heavy (non-hydrogen) atoms. The van der Waals surface area contributed by atoms with Crippen molar-refractivity contribution >= 4 is 11.7 Å². The summed E-state index contributed by atoms with van der Waals surface area (Å²) in [6, 6.07) is 11.1. The minimum absolute atomic E-state index is 0.280. The summed E-state index contributed by atoms with van der Waals surface area (Å²) in [5.41, 5.74) is 7.42. The number of nitrogen functional groups attached to an aromatic ring is 1. The molecule has 0 spiro atoms. The monoisotopic (exact) mass is 259 g/mol. The van der Waals surface area contributed by atoms with Gasteiger partial charge in [0.05, 0.1) is 12.2 Å². The van der Waals surface area contributed by atoms with Crippen molar-refractivity contribution in [3.63, 3.8) is 0 Å². The first kappa shape index (κ1) is 13.1. The van der Waals surface area contributed by atoms with Gasteiger partial charge in [-0.25, -0.2) is 9.18 Å². The maximum absolute atomic E-state index is 13.7. The second-order valence-corrected chi connectivity index (χ2v) is 4.04. The Bertz CT molecular complexity index is 611. The highest BCUT2D eigenvalue weighted by molar-refractivity contribution is 5.92. The van der Waals surface area contributed by atoms with Gasteiger partial charge in [0.25, 0.3) is 0 Å². The summed E-state index contributed by atoms with van der Waals surface area (Å²) in [5, 5.41) is 0. The first-order valence-electron chi connectivity index (χ1n) is 5.94. The summed E-state index contributed by atoms with van der Waals surface area (Å²) >= 11 is 0. The molecule has 2 N–H and O–H groups in total. The second-order valence-electron chi connectivity index (χ2n) is 4.04. The van der Waals surface area contributed by atoms with Crippen molar-refractivity contribution < 1.29 is 13.9 Å². The van der Waals surface area contributed by atoms with Crippen molar-refractivity contribution in [2.45, 2.75) is 6.92 Å². The lowest BCUT2D eigenvalue weighted by Gasteiger charge is -2.08. The van der Waals surface area contributed by atoms with Crippen LogP contribution in [0.15, 0.2) is 42.5 Å². The smallest absolute Gasteiger partial charge is 0.338 e. The zero-order chi connectivity index (χ0) is 13.8. The predicted molar refractivity (Wildman–Crippen MR) is 72.2 cm³/mol. The van der Waals surface area contributed by atoms with Crippen LogP contribution < -0.4 is 5.73 Å². The molecule has 2 aromatic carbocycles. The summed E-state index contributed by atoms with van der Waals surface area (Å²) < 4.78 is 18.6. The molecule has 2 rings (SSSR count). The lowest BCUT2D eigenvalue weighted by Crippen LogP contribution is -2.05. The zero-order valence-corrected chi connectivity index (χ0v) is 10.5. The van der Waals surface area contributed by atoms with Crippen LogP contribution >= 0.6 is 0 Å². The zero-order valence-electron chi connectivity index (χ0n) is 10.5. The summed E-state index contributed by atoms with van der Waals surface area (Å²) in [4.78, 5) is 11.7. The van der Waals surface area contributed by atoms with Crippen LogP contribution in [0.25, 0.3) is 11.1 Å². The molecule has 3 nitrogen and oxygen atoms in total. The Labute approximate surface area is 110 Å². The average Bonchev–Trinajstić information content (AvgIpc) is 2.39. The quantitative estimate of drug-likeness (QED) is 0.680. The Morgan fingerprint density at radius 2 is 2.00 bits per heavy atom. The molecule has 0 aromatic heterocycles. The van der Waals surface area contributed by atoms with Gasteiger partial charge >= 0.3 is 5.97 Å². The fourth-order valence-corrected chi connectivity index (χ4v) is 1.83. The van der Waals surface area contributed by atoms with E-state index < -0.39 is 5.97 Å². The lowest BCUT2D eigenvalue weighted by atomic mass is 10.0. The van der Waals surface area contributed by atoms with Gasteiger partial charge < -0.3 is 10.5 Å². The number of hydrogen-bond acceptors (Lipinski definition) is 3. The third-order valence-electron chi connectivity index (χ3n) is 2.65. The standard InChI is InChI=1S/C15H14FNO2/c1-2-19-15(18)11-7-10(8-12(17)9-11)13-5-3-4-6-14(13)16/h3-9H,2,17H2,1H3. The van der Waals surface area contributed by atoms with E-state index >= 15 is 0 Å². The Morgan fingerprint density at radius 1 is 1.26 bits per heavy atom. The van der Waals surface area contributed by atoms with E-state index in [9.17, 15) is 9.18 Å². The van der Waals surface area contributed by atoms with E-state index in [2.05, 4.69) is 0 Å². The number of nitrogens with two attached hydrogens (primary N) is 1. The van der Waals surface area contributed by atoms with Crippen molar-refractivity contribution in [2.24, 2.45) is 0 Å². The topological polar surface area (TPSA) is 52.3 Å². The molecule has 0 fully saturated rings. The Kier molecular flexibility index (Phi) is 3.80. The minimum Gasteiger partial charge on any atom is -0.462 e. The van der Waals surface area contributed by atoms with Crippen LogP contribution in [0.4, 0.5) is 10.1 Å². The van der Waals surface area contributed by atoms with Gasteiger partial charge in [-0.15, -0.1) is 0 Å². The van der Waals surface area contributed by atoms with Gasteiger partial charge in [0.15, 0.2) is 0 Å². The summed E-state index contributed by atoms with van der Waals surface area (Å²) in [6.45, 7) is 2.00.